The number of ether oxygens (including phenoxy) is 2. The number of hydrogen-bond acceptors (Lipinski definition) is 8. The third kappa shape index (κ3) is 7.37. The molecule has 3 rings (SSSR count). The first-order valence-corrected chi connectivity index (χ1v) is 14.8. The first-order chi connectivity index (χ1) is 17.9. The molecule has 2 heterocycles. The van der Waals surface area contributed by atoms with E-state index in [-0.39, 0.29) is 48.6 Å². The van der Waals surface area contributed by atoms with E-state index in [1.54, 1.807) is 13.0 Å². The molecule has 12 heteroatoms. The summed E-state index contributed by atoms with van der Waals surface area (Å²) in [6, 6.07) is 2.56. The van der Waals surface area contributed by atoms with Gasteiger partial charge in [0.15, 0.2) is 11.5 Å². The summed E-state index contributed by atoms with van der Waals surface area (Å²) < 4.78 is 38.9. The number of hydrogen-bond donors (Lipinski definition) is 4. The zero-order chi connectivity index (χ0) is 28.0. The number of carbonyl (C=O) groups is 2. The third-order valence-corrected chi connectivity index (χ3v) is 8.89. The summed E-state index contributed by atoms with van der Waals surface area (Å²) in [5.74, 6) is 0.0593. The van der Waals surface area contributed by atoms with Crippen molar-refractivity contribution in [2.45, 2.75) is 83.0 Å². The lowest BCUT2D eigenvalue weighted by molar-refractivity contribution is -0.131. The van der Waals surface area contributed by atoms with Crippen LogP contribution in [-0.4, -0.2) is 80.3 Å². The first-order valence-electron chi connectivity index (χ1n) is 13.4. The van der Waals surface area contributed by atoms with E-state index >= 15 is 0 Å². The standard InChI is InChI=1S/C26H42N4O7S/c1-6-17(4)24(29-25(32)20-8-7-11-27-20)26(33)28-18(5)21(31)14-30(13-16(2)3)38(34,35)19-9-10-22-23(12-19)37-15-36-22/h9-10,12,16-18,20-21,24,27,31H,6-8,11,13-15H2,1-5H3,(H,28,33)(H,29,32). The van der Waals surface area contributed by atoms with Gasteiger partial charge >= 0.3 is 0 Å². The van der Waals surface area contributed by atoms with Gasteiger partial charge in [-0.15, -0.1) is 0 Å². The van der Waals surface area contributed by atoms with E-state index < -0.39 is 34.1 Å². The van der Waals surface area contributed by atoms with Gasteiger partial charge in [-0.05, 0) is 50.3 Å². The molecule has 38 heavy (non-hydrogen) atoms. The van der Waals surface area contributed by atoms with Crippen LogP contribution in [0.2, 0.25) is 0 Å². The van der Waals surface area contributed by atoms with Crippen LogP contribution in [0.25, 0.3) is 0 Å². The number of rotatable bonds is 13. The van der Waals surface area contributed by atoms with E-state index in [1.807, 2.05) is 27.7 Å². The van der Waals surface area contributed by atoms with Gasteiger partial charge in [0.2, 0.25) is 28.6 Å². The average molecular weight is 555 g/mol. The molecule has 1 aromatic carbocycles. The normalized spacial score (nSPS) is 20.3. The molecular formula is C26H42N4O7S. The molecular weight excluding hydrogens is 512 g/mol. The van der Waals surface area contributed by atoms with E-state index in [1.165, 1.54) is 16.4 Å². The molecule has 2 aliphatic heterocycles. The van der Waals surface area contributed by atoms with Gasteiger partial charge in [-0.2, -0.15) is 4.31 Å². The van der Waals surface area contributed by atoms with Crippen molar-refractivity contribution in [2.24, 2.45) is 11.8 Å². The molecule has 1 fully saturated rings. The monoisotopic (exact) mass is 554 g/mol. The Kier molecular flexibility index (Phi) is 10.4. The van der Waals surface area contributed by atoms with E-state index in [0.29, 0.717) is 17.9 Å². The summed E-state index contributed by atoms with van der Waals surface area (Å²) in [5, 5.41) is 19.8. The Morgan fingerprint density at radius 1 is 1.13 bits per heavy atom. The molecule has 5 unspecified atom stereocenters. The fourth-order valence-electron chi connectivity index (χ4n) is 4.51. The number of nitrogens with one attached hydrogen (secondary N) is 3. The van der Waals surface area contributed by atoms with Crippen molar-refractivity contribution in [1.82, 2.24) is 20.3 Å². The molecule has 0 saturated carbocycles. The molecule has 5 atom stereocenters. The molecule has 0 aromatic heterocycles. The topological polar surface area (TPSA) is 146 Å². The van der Waals surface area contributed by atoms with E-state index in [0.717, 1.165) is 19.4 Å². The van der Waals surface area contributed by atoms with Crippen LogP contribution in [0.3, 0.4) is 0 Å². The Bertz CT molecular complexity index is 1080. The van der Waals surface area contributed by atoms with Gasteiger partial charge in [0.1, 0.15) is 6.04 Å². The van der Waals surface area contributed by atoms with Crippen LogP contribution < -0.4 is 25.4 Å². The minimum absolute atomic E-state index is 0.00919. The van der Waals surface area contributed by atoms with Gasteiger partial charge in [-0.3, -0.25) is 9.59 Å². The fourth-order valence-corrected chi connectivity index (χ4v) is 6.14. The van der Waals surface area contributed by atoms with Gasteiger partial charge in [0.05, 0.1) is 23.1 Å². The van der Waals surface area contributed by atoms with Crippen molar-refractivity contribution in [3.63, 3.8) is 0 Å². The molecule has 214 valence electrons. The van der Waals surface area contributed by atoms with Crippen LogP contribution in [0.1, 0.15) is 53.9 Å². The Labute approximate surface area is 225 Å². The molecule has 4 N–H and O–H groups in total. The second-order valence-corrected chi connectivity index (χ2v) is 12.6. The Morgan fingerprint density at radius 3 is 2.47 bits per heavy atom. The highest BCUT2D eigenvalue weighted by atomic mass is 32.2. The Balaban J connectivity index is 1.69. The molecule has 1 aromatic rings. The predicted octanol–water partition coefficient (Wildman–Crippen LogP) is 1.21. The zero-order valence-corrected chi connectivity index (χ0v) is 23.7. The van der Waals surface area contributed by atoms with Crippen LogP contribution in [0.4, 0.5) is 0 Å². The highest BCUT2D eigenvalue weighted by Gasteiger charge is 2.34. The lowest BCUT2D eigenvalue weighted by atomic mass is 9.97. The molecule has 11 nitrogen and oxygen atoms in total. The van der Waals surface area contributed by atoms with Crippen molar-refractivity contribution in [3.05, 3.63) is 18.2 Å². The largest absolute Gasteiger partial charge is 0.454 e. The molecule has 0 spiro atoms. The SMILES string of the molecule is CCC(C)C(NC(=O)C1CCCN1)C(=O)NC(C)C(O)CN(CC(C)C)S(=O)(=O)c1ccc2c(c1)OCO2. The van der Waals surface area contributed by atoms with Gasteiger partial charge in [0.25, 0.3) is 0 Å². The highest BCUT2D eigenvalue weighted by Crippen LogP contribution is 2.34. The van der Waals surface area contributed by atoms with Crippen molar-refractivity contribution >= 4 is 21.8 Å². The Hall–Kier alpha value is -2.41. The van der Waals surface area contributed by atoms with E-state index in [2.05, 4.69) is 16.0 Å². The molecule has 2 amide bonds. The van der Waals surface area contributed by atoms with Crippen molar-refractivity contribution < 1.29 is 32.6 Å². The zero-order valence-electron chi connectivity index (χ0n) is 22.9. The lowest BCUT2D eigenvalue weighted by Gasteiger charge is -2.31. The summed E-state index contributed by atoms with van der Waals surface area (Å²) in [5.41, 5.74) is 0. The number of aliphatic hydroxyl groups excluding tert-OH is 1. The summed E-state index contributed by atoms with van der Waals surface area (Å²) >= 11 is 0. The summed E-state index contributed by atoms with van der Waals surface area (Å²) in [6.07, 6.45) is 1.11. The number of amides is 2. The lowest BCUT2D eigenvalue weighted by Crippen LogP contribution is -2.57. The third-order valence-electron chi connectivity index (χ3n) is 7.06. The first kappa shape index (κ1) is 30.1. The van der Waals surface area contributed by atoms with Crippen molar-refractivity contribution in [1.29, 1.82) is 0 Å². The molecule has 0 bridgehead atoms. The number of aliphatic hydroxyl groups is 1. The van der Waals surface area contributed by atoms with E-state index in [9.17, 15) is 23.1 Å². The van der Waals surface area contributed by atoms with Crippen LogP contribution in [0.15, 0.2) is 23.1 Å². The maximum atomic E-state index is 13.5. The highest BCUT2D eigenvalue weighted by molar-refractivity contribution is 7.89. The number of sulfonamides is 1. The Morgan fingerprint density at radius 2 is 1.84 bits per heavy atom. The van der Waals surface area contributed by atoms with E-state index in [4.69, 9.17) is 9.47 Å². The minimum Gasteiger partial charge on any atom is -0.454 e. The van der Waals surface area contributed by atoms with Gasteiger partial charge in [0, 0.05) is 19.2 Å². The molecule has 0 aliphatic carbocycles. The molecule has 0 radical (unpaired) electrons. The smallest absolute Gasteiger partial charge is 0.243 e. The maximum absolute atomic E-state index is 13.5. The van der Waals surface area contributed by atoms with Gasteiger partial charge in [-0.1, -0.05) is 34.1 Å². The predicted molar refractivity (Wildman–Crippen MR) is 142 cm³/mol. The summed E-state index contributed by atoms with van der Waals surface area (Å²) in [4.78, 5) is 25.9. The summed E-state index contributed by atoms with van der Waals surface area (Å²) in [7, 11) is -3.97. The number of carbonyl (C=O) groups excluding carboxylic acids is 2. The maximum Gasteiger partial charge on any atom is 0.243 e. The van der Waals surface area contributed by atoms with Crippen LogP contribution >= 0.6 is 0 Å². The second-order valence-electron chi connectivity index (χ2n) is 10.6. The number of benzene rings is 1. The number of fused-ring (bicyclic) bond motifs is 1. The average Bonchev–Trinajstić information content (AvgIpc) is 3.57. The van der Waals surface area contributed by atoms with Crippen LogP contribution in [0.5, 0.6) is 11.5 Å². The molecule has 2 aliphatic rings. The molecule has 1 saturated heterocycles. The fraction of sp³-hybridized carbons (Fsp3) is 0.692. The van der Waals surface area contributed by atoms with Gasteiger partial charge in [-0.25, -0.2) is 8.42 Å². The van der Waals surface area contributed by atoms with Crippen LogP contribution in [-0.2, 0) is 19.6 Å². The van der Waals surface area contributed by atoms with Gasteiger partial charge < -0.3 is 30.5 Å². The quantitative estimate of drug-likeness (QED) is 0.285. The number of nitrogens with zero attached hydrogens (tertiary/aromatic N) is 1. The van der Waals surface area contributed by atoms with Crippen LogP contribution in [0, 0.1) is 11.8 Å². The van der Waals surface area contributed by atoms with Crippen molar-refractivity contribution in [2.75, 3.05) is 26.4 Å². The summed E-state index contributed by atoms with van der Waals surface area (Å²) in [6.45, 7) is 9.97. The minimum atomic E-state index is -3.97. The second kappa shape index (κ2) is 13.1. The van der Waals surface area contributed by atoms with Crippen molar-refractivity contribution in [3.8, 4) is 11.5 Å².